The van der Waals surface area contributed by atoms with E-state index in [1.54, 1.807) is 5.57 Å². The fourth-order valence-electron chi connectivity index (χ4n) is 11.1. The molecular formula is C30H50O2. The lowest BCUT2D eigenvalue weighted by Gasteiger charge is -2.72. The molecule has 0 amide bonds. The van der Waals surface area contributed by atoms with Gasteiger partial charge in [-0.2, -0.15) is 0 Å². The number of allylic oxidation sites excluding steroid dienone is 1. The molecule has 0 aromatic heterocycles. The van der Waals surface area contributed by atoms with Crippen molar-refractivity contribution in [3.63, 3.8) is 0 Å². The second-order valence-corrected chi connectivity index (χ2v) is 14.8. The number of fused-ring (bicyclic) bond motifs is 7. The predicted molar refractivity (Wildman–Crippen MR) is 132 cm³/mol. The van der Waals surface area contributed by atoms with Crippen LogP contribution in [0.25, 0.3) is 0 Å². The third-order valence-electron chi connectivity index (χ3n) is 13.0. The molecule has 182 valence electrons. The smallest absolute Gasteiger partial charge is 0.0763 e. The summed E-state index contributed by atoms with van der Waals surface area (Å²) in [5, 5.41) is 22.0. The summed E-state index contributed by atoms with van der Waals surface area (Å²) in [7, 11) is 0. The van der Waals surface area contributed by atoms with Crippen LogP contribution in [-0.2, 0) is 0 Å². The van der Waals surface area contributed by atoms with E-state index in [0.29, 0.717) is 34.0 Å². The van der Waals surface area contributed by atoms with E-state index in [0.717, 1.165) is 18.8 Å². The summed E-state index contributed by atoms with van der Waals surface area (Å²) in [4.78, 5) is 0. The van der Waals surface area contributed by atoms with E-state index in [-0.39, 0.29) is 23.0 Å². The van der Waals surface area contributed by atoms with Gasteiger partial charge in [0.05, 0.1) is 12.2 Å². The van der Waals surface area contributed by atoms with Crippen molar-refractivity contribution in [2.45, 2.75) is 125 Å². The Bertz CT molecular complexity index is 825. The molecule has 0 unspecified atom stereocenters. The summed E-state index contributed by atoms with van der Waals surface area (Å²) in [6, 6.07) is 0. The molecule has 0 aromatic rings. The van der Waals surface area contributed by atoms with Crippen molar-refractivity contribution in [2.75, 3.05) is 0 Å². The summed E-state index contributed by atoms with van der Waals surface area (Å²) in [6.07, 6.45) is 10.5. The summed E-state index contributed by atoms with van der Waals surface area (Å²) in [5.41, 5.74) is 4.36. The van der Waals surface area contributed by atoms with Crippen molar-refractivity contribution in [2.24, 2.45) is 50.7 Å². The zero-order chi connectivity index (χ0) is 23.5. The topological polar surface area (TPSA) is 40.5 Å². The maximum absolute atomic E-state index is 11.1. The predicted octanol–water partition coefficient (Wildman–Crippen LogP) is 7.14. The van der Waals surface area contributed by atoms with Crippen LogP contribution in [0.2, 0.25) is 0 Å². The summed E-state index contributed by atoms with van der Waals surface area (Å²) in [5.74, 6) is 2.47. The fourth-order valence-corrected chi connectivity index (χ4v) is 11.1. The molecule has 0 aromatic carbocycles. The van der Waals surface area contributed by atoms with Gasteiger partial charge in [-0.1, -0.05) is 61.0 Å². The van der Waals surface area contributed by atoms with Gasteiger partial charge in [-0.3, -0.25) is 0 Å². The van der Waals surface area contributed by atoms with Crippen molar-refractivity contribution in [1.29, 1.82) is 0 Å². The first-order chi connectivity index (χ1) is 14.7. The number of hydrogen-bond donors (Lipinski definition) is 2. The average molecular weight is 443 g/mol. The summed E-state index contributed by atoms with van der Waals surface area (Å²) >= 11 is 0. The van der Waals surface area contributed by atoms with Crippen LogP contribution in [0.15, 0.2) is 11.1 Å². The van der Waals surface area contributed by atoms with Gasteiger partial charge in [0.25, 0.3) is 0 Å². The minimum absolute atomic E-state index is 0.0279. The number of aliphatic hydroxyl groups excluding tert-OH is 2. The largest absolute Gasteiger partial charge is 0.393 e. The number of hydrogen-bond acceptors (Lipinski definition) is 2. The SMILES string of the molecule is CC(C)C1=C2[C@H]3CC[C@@H]4[C@@]5(C)CC[C@H](O)C(C)(C)[C@@H]5CC[C@@]4(C)[C@]3(C)CC[C@@]2(C)C[C@H]1O. The highest BCUT2D eigenvalue weighted by molar-refractivity contribution is 5.39. The van der Waals surface area contributed by atoms with E-state index in [1.807, 2.05) is 0 Å². The second-order valence-electron chi connectivity index (χ2n) is 14.8. The van der Waals surface area contributed by atoms with Gasteiger partial charge in [0, 0.05) is 0 Å². The Morgan fingerprint density at radius 3 is 2.09 bits per heavy atom. The number of rotatable bonds is 1. The van der Waals surface area contributed by atoms with Crippen molar-refractivity contribution in [3.8, 4) is 0 Å². The van der Waals surface area contributed by atoms with Crippen LogP contribution in [0.4, 0.5) is 0 Å². The molecule has 0 radical (unpaired) electrons. The molecule has 4 fully saturated rings. The highest BCUT2D eigenvalue weighted by Gasteiger charge is 2.69. The van der Waals surface area contributed by atoms with E-state index < -0.39 is 0 Å². The lowest BCUT2D eigenvalue weighted by Crippen LogP contribution is -2.65. The molecule has 2 nitrogen and oxygen atoms in total. The van der Waals surface area contributed by atoms with E-state index in [2.05, 4.69) is 55.4 Å². The van der Waals surface area contributed by atoms with Crippen molar-refractivity contribution in [1.82, 2.24) is 0 Å². The fraction of sp³-hybridized carbons (Fsp3) is 0.933. The second kappa shape index (κ2) is 6.87. The Labute approximate surface area is 197 Å². The van der Waals surface area contributed by atoms with Crippen LogP contribution in [0, 0.1) is 50.7 Å². The van der Waals surface area contributed by atoms with E-state index >= 15 is 0 Å². The van der Waals surface area contributed by atoms with Crippen LogP contribution >= 0.6 is 0 Å². The summed E-state index contributed by atoms with van der Waals surface area (Å²) < 4.78 is 0. The quantitative estimate of drug-likeness (QED) is 0.424. The first-order valence-corrected chi connectivity index (χ1v) is 13.8. The first kappa shape index (κ1) is 23.4. The molecule has 5 aliphatic rings. The molecule has 0 heterocycles. The molecule has 0 spiro atoms. The normalized spacial score (nSPS) is 54.7. The zero-order valence-corrected chi connectivity index (χ0v) is 22.2. The molecule has 2 heteroatoms. The van der Waals surface area contributed by atoms with Gasteiger partial charge in [-0.25, -0.2) is 0 Å². The Morgan fingerprint density at radius 1 is 0.750 bits per heavy atom. The number of aliphatic hydroxyl groups is 2. The molecule has 32 heavy (non-hydrogen) atoms. The molecule has 0 aliphatic heterocycles. The van der Waals surface area contributed by atoms with Gasteiger partial charge in [0.15, 0.2) is 0 Å². The van der Waals surface area contributed by atoms with Crippen molar-refractivity contribution < 1.29 is 10.2 Å². The van der Waals surface area contributed by atoms with E-state index in [1.165, 1.54) is 50.5 Å². The van der Waals surface area contributed by atoms with Gasteiger partial charge in [-0.05, 0) is 114 Å². The van der Waals surface area contributed by atoms with Gasteiger partial charge in [0.1, 0.15) is 0 Å². The van der Waals surface area contributed by atoms with Gasteiger partial charge in [-0.15, -0.1) is 0 Å². The third kappa shape index (κ3) is 2.66. The van der Waals surface area contributed by atoms with Gasteiger partial charge in [0.2, 0.25) is 0 Å². The minimum Gasteiger partial charge on any atom is -0.393 e. The average Bonchev–Trinajstić information content (AvgIpc) is 2.96. The Morgan fingerprint density at radius 2 is 1.44 bits per heavy atom. The van der Waals surface area contributed by atoms with E-state index in [9.17, 15) is 10.2 Å². The van der Waals surface area contributed by atoms with Crippen molar-refractivity contribution >= 4 is 0 Å². The lowest BCUT2D eigenvalue weighted by molar-refractivity contribution is -0.228. The Kier molecular flexibility index (Phi) is 5.02. The standard InChI is InChI=1S/C30H50O2/c1-18(2)24-20(31)17-27(5)15-16-29(7)19(25(24)27)9-10-22-28(6)13-12-23(32)26(3,4)21(28)11-14-30(22,29)8/h18-23,31-32H,9-17H2,1-8H3/t19-,20-,21+,22-,23+,27+,28+,29-,30-/m1/s1. The molecular weight excluding hydrogens is 392 g/mol. The monoisotopic (exact) mass is 442 g/mol. The first-order valence-electron chi connectivity index (χ1n) is 13.8. The summed E-state index contributed by atoms with van der Waals surface area (Å²) in [6.45, 7) is 19.7. The molecule has 5 rings (SSSR count). The Hall–Kier alpha value is -0.340. The highest BCUT2D eigenvalue weighted by atomic mass is 16.3. The van der Waals surface area contributed by atoms with Crippen LogP contribution in [-0.4, -0.2) is 22.4 Å². The maximum atomic E-state index is 11.1. The third-order valence-corrected chi connectivity index (χ3v) is 13.0. The van der Waals surface area contributed by atoms with Crippen molar-refractivity contribution in [3.05, 3.63) is 11.1 Å². The van der Waals surface area contributed by atoms with Crippen LogP contribution in [0.5, 0.6) is 0 Å². The maximum Gasteiger partial charge on any atom is 0.0763 e. The molecule has 4 saturated carbocycles. The molecule has 2 N–H and O–H groups in total. The molecule has 9 atom stereocenters. The molecule has 0 saturated heterocycles. The zero-order valence-electron chi connectivity index (χ0n) is 22.2. The van der Waals surface area contributed by atoms with Crippen LogP contribution < -0.4 is 0 Å². The van der Waals surface area contributed by atoms with Crippen LogP contribution in [0.1, 0.15) is 113 Å². The minimum atomic E-state index is -0.225. The molecule has 0 bridgehead atoms. The Balaban J connectivity index is 1.59. The van der Waals surface area contributed by atoms with Gasteiger partial charge >= 0.3 is 0 Å². The van der Waals surface area contributed by atoms with Crippen LogP contribution in [0.3, 0.4) is 0 Å². The van der Waals surface area contributed by atoms with E-state index in [4.69, 9.17) is 0 Å². The van der Waals surface area contributed by atoms with Gasteiger partial charge < -0.3 is 10.2 Å². The molecule has 5 aliphatic carbocycles. The lowest BCUT2D eigenvalue weighted by atomic mass is 9.33. The highest BCUT2D eigenvalue weighted by Crippen LogP contribution is 2.76.